The Hall–Kier alpha value is -1.35. The zero-order valence-corrected chi connectivity index (χ0v) is 9.39. The van der Waals surface area contributed by atoms with Gasteiger partial charge in [0.05, 0.1) is 12.0 Å². The SMILES string of the molecule is C1=Nc2ccccc2CN1CC1CCCN1. The number of fused-ring (bicyclic) bond motifs is 1. The van der Waals surface area contributed by atoms with Crippen LogP contribution in [0.25, 0.3) is 0 Å². The van der Waals surface area contributed by atoms with Gasteiger partial charge in [-0.25, -0.2) is 4.99 Å². The largest absolute Gasteiger partial charge is 0.357 e. The molecule has 84 valence electrons. The van der Waals surface area contributed by atoms with Gasteiger partial charge in [-0.15, -0.1) is 0 Å². The topological polar surface area (TPSA) is 27.6 Å². The van der Waals surface area contributed by atoms with Crippen LogP contribution in [-0.2, 0) is 6.54 Å². The Bertz CT molecular complexity index is 394. The van der Waals surface area contributed by atoms with E-state index in [1.54, 1.807) is 0 Å². The summed E-state index contributed by atoms with van der Waals surface area (Å²) in [5.74, 6) is 0. The first kappa shape index (κ1) is 9.85. The fraction of sp³-hybridized carbons (Fsp3) is 0.462. The van der Waals surface area contributed by atoms with Crippen molar-refractivity contribution in [1.82, 2.24) is 10.2 Å². The zero-order valence-electron chi connectivity index (χ0n) is 9.39. The van der Waals surface area contributed by atoms with E-state index >= 15 is 0 Å². The molecule has 1 unspecified atom stereocenters. The van der Waals surface area contributed by atoms with Crippen LogP contribution in [0.5, 0.6) is 0 Å². The number of hydrogen-bond acceptors (Lipinski definition) is 3. The maximum Gasteiger partial charge on any atom is 0.0916 e. The van der Waals surface area contributed by atoms with Crippen LogP contribution in [0.15, 0.2) is 29.3 Å². The highest BCUT2D eigenvalue weighted by Crippen LogP contribution is 2.23. The Labute approximate surface area is 96.2 Å². The second-order valence-electron chi connectivity index (χ2n) is 4.60. The summed E-state index contributed by atoms with van der Waals surface area (Å²) in [4.78, 5) is 6.80. The molecule has 1 N–H and O–H groups in total. The van der Waals surface area contributed by atoms with Gasteiger partial charge < -0.3 is 10.2 Å². The van der Waals surface area contributed by atoms with Crippen molar-refractivity contribution in [3.05, 3.63) is 29.8 Å². The first-order chi connectivity index (χ1) is 7.92. The lowest BCUT2D eigenvalue weighted by molar-refractivity contribution is 0.368. The van der Waals surface area contributed by atoms with Gasteiger partial charge in [-0.3, -0.25) is 0 Å². The third-order valence-corrected chi connectivity index (χ3v) is 3.34. The molecule has 1 saturated heterocycles. The highest BCUT2D eigenvalue weighted by Gasteiger charge is 2.18. The van der Waals surface area contributed by atoms with Crippen molar-refractivity contribution < 1.29 is 0 Å². The molecule has 2 heterocycles. The molecule has 0 saturated carbocycles. The second-order valence-corrected chi connectivity index (χ2v) is 4.60. The van der Waals surface area contributed by atoms with Gasteiger partial charge in [-0.05, 0) is 31.0 Å². The molecule has 3 nitrogen and oxygen atoms in total. The fourth-order valence-corrected chi connectivity index (χ4v) is 2.48. The van der Waals surface area contributed by atoms with Crippen LogP contribution in [-0.4, -0.2) is 30.4 Å². The van der Waals surface area contributed by atoms with E-state index < -0.39 is 0 Å². The molecule has 0 bridgehead atoms. The molecule has 1 aromatic carbocycles. The minimum Gasteiger partial charge on any atom is -0.357 e. The smallest absolute Gasteiger partial charge is 0.0916 e. The number of hydrogen-bond donors (Lipinski definition) is 1. The van der Waals surface area contributed by atoms with E-state index in [1.165, 1.54) is 24.9 Å². The molecule has 3 heteroatoms. The average molecular weight is 215 g/mol. The molecule has 2 aliphatic heterocycles. The Kier molecular flexibility index (Phi) is 2.62. The molecule has 16 heavy (non-hydrogen) atoms. The molecule has 2 aliphatic rings. The van der Waals surface area contributed by atoms with Gasteiger partial charge in [-0.2, -0.15) is 0 Å². The van der Waals surface area contributed by atoms with Crippen molar-refractivity contribution in [3.63, 3.8) is 0 Å². The Morgan fingerprint density at radius 2 is 2.31 bits per heavy atom. The van der Waals surface area contributed by atoms with Crippen LogP contribution < -0.4 is 5.32 Å². The predicted molar refractivity (Wildman–Crippen MR) is 66.0 cm³/mol. The van der Waals surface area contributed by atoms with E-state index in [1.807, 2.05) is 12.4 Å². The molecule has 3 rings (SSSR count). The zero-order chi connectivity index (χ0) is 10.8. The number of nitrogens with zero attached hydrogens (tertiary/aromatic N) is 2. The lowest BCUT2D eigenvalue weighted by atomic mass is 10.1. The van der Waals surface area contributed by atoms with Gasteiger partial charge >= 0.3 is 0 Å². The summed E-state index contributed by atoms with van der Waals surface area (Å²) < 4.78 is 0. The van der Waals surface area contributed by atoms with Gasteiger partial charge in [0.1, 0.15) is 0 Å². The molecule has 1 atom stereocenters. The molecule has 0 amide bonds. The second kappa shape index (κ2) is 4.26. The molecule has 0 spiro atoms. The summed E-state index contributed by atoms with van der Waals surface area (Å²) in [5, 5.41) is 3.52. The van der Waals surface area contributed by atoms with Crippen molar-refractivity contribution >= 4 is 12.0 Å². The predicted octanol–water partition coefficient (Wildman–Crippen LogP) is 1.91. The van der Waals surface area contributed by atoms with E-state index in [-0.39, 0.29) is 0 Å². The normalized spacial score (nSPS) is 23.5. The van der Waals surface area contributed by atoms with Gasteiger partial charge in [-0.1, -0.05) is 18.2 Å². The van der Waals surface area contributed by atoms with Crippen LogP contribution in [0.3, 0.4) is 0 Å². The molecular weight excluding hydrogens is 198 g/mol. The third kappa shape index (κ3) is 1.95. The minimum absolute atomic E-state index is 0.650. The summed E-state index contributed by atoms with van der Waals surface area (Å²) in [6.45, 7) is 3.25. The maximum absolute atomic E-state index is 4.49. The fourth-order valence-electron chi connectivity index (χ4n) is 2.48. The highest BCUT2D eigenvalue weighted by atomic mass is 15.2. The number of aliphatic imine (C=N–C) groups is 1. The van der Waals surface area contributed by atoms with Crippen molar-refractivity contribution in [3.8, 4) is 0 Å². The Morgan fingerprint density at radius 3 is 3.19 bits per heavy atom. The lowest BCUT2D eigenvalue weighted by Crippen LogP contribution is -2.37. The number of rotatable bonds is 2. The third-order valence-electron chi connectivity index (χ3n) is 3.34. The van der Waals surface area contributed by atoms with Gasteiger partial charge in [0.25, 0.3) is 0 Å². The number of benzene rings is 1. The van der Waals surface area contributed by atoms with Crippen molar-refractivity contribution in [2.24, 2.45) is 4.99 Å². The first-order valence-electron chi connectivity index (χ1n) is 6.01. The summed E-state index contributed by atoms with van der Waals surface area (Å²) in [5.41, 5.74) is 2.46. The Morgan fingerprint density at radius 1 is 1.38 bits per heavy atom. The molecule has 0 aromatic heterocycles. The lowest BCUT2D eigenvalue weighted by Gasteiger charge is -2.26. The van der Waals surface area contributed by atoms with Gasteiger partial charge in [0, 0.05) is 19.1 Å². The highest BCUT2D eigenvalue weighted by molar-refractivity contribution is 5.66. The summed E-state index contributed by atoms with van der Waals surface area (Å²) in [7, 11) is 0. The first-order valence-corrected chi connectivity index (χ1v) is 6.01. The molecule has 0 radical (unpaired) electrons. The number of nitrogens with one attached hydrogen (secondary N) is 1. The van der Waals surface area contributed by atoms with E-state index in [9.17, 15) is 0 Å². The molecule has 0 aliphatic carbocycles. The molecule has 1 fully saturated rings. The van der Waals surface area contributed by atoms with Crippen LogP contribution in [0.1, 0.15) is 18.4 Å². The van der Waals surface area contributed by atoms with E-state index in [4.69, 9.17) is 0 Å². The van der Waals surface area contributed by atoms with Gasteiger partial charge in [0.15, 0.2) is 0 Å². The van der Waals surface area contributed by atoms with E-state index in [0.29, 0.717) is 6.04 Å². The van der Waals surface area contributed by atoms with E-state index in [2.05, 4.69) is 33.4 Å². The monoisotopic (exact) mass is 215 g/mol. The van der Waals surface area contributed by atoms with Crippen molar-refractivity contribution in [1.29, 1.82) is 0 Å². The average Bonchev–Trinajstić information content (AvgIpc) is 2.82. The van der Waals surface area contributed by atoms with Gasteiger partial charge in [0.2, 0.25) is 0 Å². The quantitative estimate of drug-likeness (QED) is 0.816. The van der Waals surface area contributed by atoms with Crippen molar-refractivity contribution in [2.45, 2.75) is 25.4 Å². The summed E-state index contributed by atoms with van der Waals surface area (Å²) >= 11 is 0. The van der Waals surface area contributed by atoms with E-state index in [0.717, 1.165) is 18.8 Å². The van der Waals surface area contributed by atoms with Crippen LogP contribution in [0.4, 0.5) is 5.69 Å². The van der Waals surface area contributed by atoms with Crippen LogP contribution in [0, 0.1) is 0 Å². The molecular formula is C13H17N3. The maximum atomic E-state index is 4.49. The summed E-state index contributed by atoms with van der Waals surface area (Å²) in [6.07, 6.45) is 4.60. The standard InChI is InChI=1S/C13H17N3/c1-2-6-13-11(4-1)8-16(10-15-13)9-12-5-3-7-14-12/h1-2,4,6,10,12,14H,3,5,7-9H2. The summed E-state index contributed by atoms with van der Waals surface area (Å²) in [6, 6.07) is 9.03. The van der Waals surface area contributed by atoms with Crippen molar-refractivity contribution in [2.75, 3.05) is 13.1 Å². The number of para-hydroxylation sites is 1. The minimum atomic E-state index is 0.650. The molecule has 1 aromatic rings. The van der Waals surface area contributed by atoms with Crippen LogP contribution >= 0.6 is 0 Å². The van der Waals surface area contributed by atoms with Crippen LogP contribution in [0.2, 0.25) is 0 Å². The Balaban J connectivity index is 1.68.